The molecule has 0 aromatic heterocycles. The first-order valence-electron chi connectivity index (χ1n) is 10.5. The largest absolute Gasteiger partial charge is 0.481 e. The molecule has 0 radical (unpaired) electrons. The molecular formula is C22H34O4. The Balaban J connectivity index is 1.70. The minimum Gasteiger partial charge on any atom is -0.481 e. The molecule has 3 saturated carbocycles. The van der Waals surface area contributed by atoms with Crippen LogP contribution in [0.1, 0.15) is 78.1 Å². The molecule has 0 aromatic carbocycles. The van der Waals surface area contributed by atoms with Gasteiger partial charge in [-0.25, -0.2) is 0 Å². The Morgan fingerprint density at radius 3 is 2.58 bits per heavy atom. The third-order valence-corrected chi connectivity index (χ3v) is 9.32. The molecule has 0 unspecified atom stereocenters. The summed E-state index contributed by atoms with van der Waals surface area (Å²) in [5.41, 5.74) is 0.656. The van der Waals surface area contributed by atoms with E-state index in [1.54, 1.807) is 5.57 Å². The fraction of sp³-hybridized carbons (Fsp3) is 0.864. The lowest BCUT2D eigenvalue weighted by Crippen LogP contribution is -2.54. The molecule has 4 aliphatic carbocycles. The van der Waals surface area contributed by atoms with E-state index in [9.17, 15) is 20.1 Å². The van der Waals surface area contributed by atoms with Crippen molar-refractivity contribution in [1.29, 1.82) is 0 Å². The SMILES string of the molecule is C[C@]12CCCCC1=CC[C@@H]1[C@@H]2CC[C@@]2(C)[C@H]1CC[C@@]2(CC(O)O)C(=O)O. The number of aliphatic hydroxyl groups is 2. The molecule has 4 heteroatoms. The van der Waals surface area contributed by atoms with Gasteiger partial charge >= 0.3 is 5.97 Å². The lowest BCUT2D eigenvalue weighted by atomic mass is 9.45. The summed E-state index contributed by atoms with van der Waals surface area (Å²) in [5, 5.41) is 29.4. The van der Waals surface area contributed by atoms with Gasteiger partial charge in [0.1, 0.15) is 0 Å². The van der Waals surface area contributed by atoms with Gasteiger partial charge in [-0.05, 0) is 80.0 Å². The number of carboxylic acid groups (broad SMARTS) is 1. The standard InChI is InChI=1S/C22H34O4/c1-20-10-4-3-5-14(20)6-7-15-16(20)8-11-21(2)17(15)9-12-22(21,19(25)26)13-18(23)24/h6,15-18,23-24H,3-5,7-13H2,1-2H3,(H,25,26)/t15-,16+,17+,20+,21+,22-/m1/s1. The number of fused-ring (bicyclic) bond motifs is 5. The molecule has 3 fully saturated rings. The number of rotatable bonds is 3. The molecule has 0 aliphatic heterocycles. The summed E-state index contributed by atoms with van der Waals surface area (Å²) >= 11 is 0. The van der Waals surface area contributed by atoms with Gasteiger partial charge in [-0.15, -0.1) is 0 Å². The second-order valence-electron chi connectivity index (χ2n) is 10.0. The molecule has 0 bridgehead atoms. The molecule has 4 aliphatic rings. The number of allylic oxidation sites excluding steroid dienone is 2. The second-order valence-corrected chi connectivity index (χ2v) is 10.0. The predicted molar refractivity (Wildman–Crippen MR) is 99.2 cm³/mol. The highest BCUT2D eigenvalue weighted by Crippen LogP contribution is 2.70. The van der Waals surface area contributed by atoms with Crippen LogP contribution in [0.3, 0.4) is 0 Å². The van der Waals surface area contributed by atoms with Gasteiger partial charge < -0.3 is 15.3 Å². The molecule has 0 spiro atoms. The van der Waals surface area contributed by atoms with E-state index in [0.717, 1.165) is 25.7 Å². The highest BCUT2D eigenvalue weighted by molar-refractivity contribution is 5.76. The van der Waals surface area contributed by atoms with Gasteiger partial charge in [0.25, 0.3) is 0 Å². The minimum absolute atomic E-state index is 0.0366. The summed E-state index contributed by atoms with van der Waals surface area (Å²) in [6.45, 7) is 4.61. The van der Waals surface area contributed by atoms with Crippen molar-refractivity contribution in [2.24, 2.45) is 34.0 Å². The van der Waals surface area contributed by atoms with Gasteiger partial charge in [-0.3, -0.25) is 4.79 Å². The van der Waals surface area contributed by atoms with Crippen LogP contribution < -0.4 is 0 Å². The number of hydrogen-bond donors (Lipinski definition) is 3. The first-order valence-corrected chi connectivity index (χ1v) is 10.5. The summed E-state index contributed by atoms with van der Waals surface area (Å²) in [4.78, 5) is 12.3. The molecule has 26 heavy (non-hydrogen) atoms. The predicted octanol–water partition coefficient (Wildman–Crippen LogP) is 4.11. The highest BCUT2D eigenvalue weighted by atomic mass is 16.5. The number of carboxylic acids is 1. The number of aliphatic hydroxyl groups excluding tert-OH is 1. The van der Waals surface area contributed by atoms with E-state index in [2.05, 4.69) is 19.9 Å². The van der Waals surface area contributed by atoms with Crippen molar-refractivity contribution in [1.82, 2.24) is 0 Å². The van der Waals surface area contributed by atoms with Gasteiger partial charge in [0.15, 0.2) is 6.29 Å². The highest BCUT2D eigenvalue weighted by Gasteiger charge is 2.66. The summed E-state index contributed by atoms with van der Waals surface area (Å²) in [6.07, 6.45) is 10.6. The molecule has 146 valence electrons. The van der Waals surface area contributed by atoms with Gasteiger partial charge in [0, 0.05) is 6.42 Å². The molecule has 3 N–H and O–H groups in total. The minimum atomic E-state index is -1.55. The zero-order valence-electron chi connectivity index (χ0n) is 16.2. The maximum atomic E-state index is 12.3. The Labute approximate surface area is 156 Å². The van der Waals surface area contributed by atoms with Crippen molar-refractivity contribution in [2.45, 2.75) is 84.3 Å². The lowest BCUT2D eigenvalue weighted by molar-refractivity contribution is -0.175. The molecule has 0 amide bonds. The third kappa shape index (κ3) is 2.30. The zero-order valence-corrected chi connectivity index (χ0v) is 16.2. The monoisotopic (exact) mass is 362 g/mol. The summed E-state index contributed by atoms with van der Waals surface area (Å²) in [7, 11) is 0. The van der Waals surface area contributed by atoms with Crippen LogP contribution >= 0.6 is 0 Å². The zero-order chi connectivity index (χ0) is 18.7. The first-order chi connectivity index (χ1) is 12.2. The van der Waals surface area contributed by atoms with Crippen LogP contribution in [0.15, 0.2) is 11.6 Å². The van der Waals surface area contributed by atoms with Crippen LogP contribution in [-0.2, 0) is 4.79 Å². The average Bonchev–Trinajstić information content (AvgIpc) is 2.87. The maximum Gasteiger partial charge on any atom is 0.310 e. The van der Waals surface area contributed by atoms with Crippen molar-refractivity contribution >= 4 is 5.97 Å². The van der Waals surface area contributed by atoms with Crippen molar-refractivity contribution < 1.29 is 20.1 Å². The van der Waals surface area contributed by atoms with Crippen LogP contribution in [0, 0.1) is 34.0 Å². The quantitative estimate of drug-likeness (QED) is 0.521. The van der Waals surface area contributed by atoms with Crippen molar-refractivity contribution in [3.8, 4) is 0 Å². The van der Waals surface area contributed by atoms with Crippen molar-refractivity contribution in [3.63, 3.8) is 0 Å². The average molecular weight is 363 g/mol. The number of carbonyl (C=O) groups is 1. The third-order valence-electron chi connectivity index (χ3n) is 9.32. The van der Waals surface area contributed by atoms with Crippen molar-refractivity contribution in [3.05, 3.63) is 11.6 Å². The van der Waals surface area contributed by atoms with E-state index >= 15 is 0 Å². The Kier molecular flexibility index (Phi) is 4.31. The summed E-state index contributed by atoms with van der Waals surface area (Å²) < 4.78 is 0. The van der Waals surface area contributed by atoms with Crippen LogP contribution in [0.2, 0.25) is 0 Å². The summed E-state index contributed by atoms with van der Waals surface area (Å²) in [5.74, 6) is 0.778. The van der Waals surface area contributed by atoms with Crippen molar-refractivity contribution in [2.75, 3.05) is 0 Å². The van der Waals surface area contributed by atoms with Gasteiger partial charge in [-0.1, -0.05) is 31.9 Å². The molecular weight excluding hydrogens is 328 g/mol. The molecule has 4 nitrogen and oxygen atoms in total. The van der Waals surface area contributed by atoms with E-state index in [4.69, 9.17) is 0 Å². The molecule has 6 atom stereocenters. The second kappa shape index (κ2) is 6.07. The van der Waals surface area contributed by atoms with Crippen LogP contribution in [0.25, 0.3) is 0 Å². The normalized spacial score (nSPS) is 47.7. The fourth-order valence-electron chi connectivity index (χ4n) is 7.92. The Morgan fingerprint density at radius 1 is 1.15 bits per heavy atom. The Bertz CT molecular complexity index is 626. The van der Waals surface area contributed by atoms with E-state index in [1.807, 2.05) is 0 Å². The number of hydrogen-bond acceptors (Lipinski definition) is 3. The molecule has 0 aromatic rings. The Morgan fingerprint density at radius 2 is 1.88 bits per heavy atom. The number of aliphatic carboxylic acids is 1. The van der Waals surface area contributed by atoms with Crippen LogP contribution in [-0.4, -0.2) is 27.6 Å². The van der Waals surface area contributed by atoms with E-state index in [0.29, 0.717) is 29.6 Å². The van der Waals surface area contributed by atoms with E-state index in [-0.39, 0.29) is 11.8 Å². The van der Waals surface area contributed by atoms with Crippen LogP contribution in [0.4, 0.5) is 0 Å². The Hall–Kier alpha value is -0.870. The smallest absolute Gasteiger partial charge is 0.310 e. The summed E-state index contributed by atoms with van der Waals surface area (Å²) in [6, 6.07) is 0. The van der Waals surface area contributed by atoms with Gasteiger partial charge in [0.2, 0.25) is 0 Å². The first kappa shape index (κ1) is 18.5. The maximum absolute atomic E-state index is 12.3. The van der Waals surface area contributed by atoms with Gasteiger partial charge in [0.05, 0.1) is 5.41 Å². The molecule has 0 heterocycles. The van der Waals surface area contributed by atoms with Gasteiger partial charge in [-0.2, -0.15) is 0 Å². The fourth-order valence-corrected chi connectivity index (χ4v) is 7.92. The lowest BCUT2D eigenvalue weighted by Gasteiger charge is -2.59. The van der Waals surface area contributed by atoms with Crippen LogP contribution in [0.5, 0.6) is 0 Å². The van der Waals surface area contributed by atoms with E-state index in [1.165, 1.54) is 25.7 Å². The topological polar surface area (TPSA) is 77.8 Å². The molecule has 4 rings (SSSR count). The molecule has 0 saturated heterocycles. The van der Waals surface area contributed by atoms with E-state index < -0.39 is 17.7 Å².